The average molecular weight is 374 g/mol. The Labute approximate surface area is 159 Å². The summed E-state index contributed by atoms with van der Waals surface area (Å²) >= 11 is 6.11. The SMILES string of the molecule is COc1ccc(Cl)cc1CN1CCN(C(=O)Nc2ccc(C)cc2)CC1. The molecule has 26 heavy (non-hydrogen) atoms. The summed E-state index contributed by atoms with van der Waals surface area (Å²) in [6.07, 6.45) is 0. The smallest absolute Gasteiger partial charge is 0.321 e. The van der Waals surface area contributed by atoms with Crippen LogP contribution in [0.2, 0.25) is 5.02 Å². The van der Waals surface area contributed by atoms with E-state index in [4.69, 9.17) is 16.3 Å². The summed E-state index contributed by atoms with van der Waals surface area (Å²) in [7, 11) is 1.67. The molecule has 0 unspecified atom stereocenters. The van der Waals surface area contributed by atoms with E-state index in [9.17, 15) is 4.79 Å². The lowest BCUT2D eigenvalue weighted by Crippen LogP contribution is -2.49. The first-order valence-corrected chi connectivity index (χ1v) is 9.10. The lowest BCUT2D eigenvalue weighted by atomic mass is 10.1. The molecule has 5 nitrogen and oxygen atoms in total. The normalized spacial score (nSPS) is 15.0. The minimum absolute atomic E-state index is 0.0474. The lowest BCUT2D eigenvalue weighted by Gasteiger charge is -2.35. The number of aryl methyl sites for hydroxylation is 1. The largest absolute Gasteiger partial charge is 0.496 e. The third-order valence-electron chi connectivity index (χ3n) is 4.60. The van der Waals surface area contributed by atoms with E-state index in [-0.39, 0.29) is 6.03 Å². The molecule has 0 saturated carbocycles. The molecule has 1 aliphatic rings. The van der Waals surface area contributed by atoms with Gasteiger partial charge in [0.05, 0.1) is 7.11 Å². The Morgan fingerprint density at radius 3 is 2.46 bits per heavy atom. The standard InChI is InChI=1S/C20H24ClN3O2/c1-15-3-6-18(7-4-15)22-20(25)24-11-9-23(10-12-24)14-16-13-17(21)5-8-19(16)26-2/h3-8,13H,9-12,14H2,1-2H3,(H,22,25). The molecule has 0 aliphatic carbocycles. The zero-order valence-corrected chi connectivity index (χ0v) is 15.9. The number of methoxy groups -OCH3 is 1. The molecule has 1 fully saturated rings. The predicted molar refractivity (Wildman–Crippen MR) is 105 cm³/mol. The summed E-state index contributed by atoms with van der Waals surface area (Å²) in [4.78, 5) is 16.6. The van der Waals surface area contributed by atoms with E-state index in [2.05, 4.69) is 10.2 Å². The van der Waals surface area contributed by atoms with Gasteiger partial charge in [0.25, 0.3) is 0 Å². The number of halogens is 1. The summed E-state index contributed by atoms with van der Waals surface area (Å²) in [5.74, 6) is 0.842. The van der Waals surface area contributed by atoms with E-state index in [1.165, 1.54) is 5.56 Å². The molecule has 2 aromatic carbocycles. The predicted octanol–water partition coefficient (Wildman–Crippen LogP) is 4.01. The number of nitrogens with zero attached hydrogens (tertiary/aromatic N) is 2. The Balaban J connectivity index is 1.53. The molecule has 0 radical (unpaired) electrons. The van der Waals surface area contributed by atoms with Crippen LogP contribution >= 0.6 is 11.6 Å². The number of urea groups is 1. The maximum absolute atomic E-state index is 12.4. The monoisotopic (exact) mass is 373 g/mol. The molecule has 1 aliphatic heterocycles. The third kappa shape index (κ3) is 4.68. The fourth-order valence-corrected chi connectivity index (χ4v) is 3.25. The molecule has 1 heterocycles. The van der Waals surface area contributed by atoms with Crippen LogP contribution in [0.5, 0.6) is 5.75 Å². The number of carbonyl (C=O) groups excluding carboxylic acids is 1. The van der Waals surface area contributed by atoms with Crippen molar-refractivity contribution in [3.8, 4) is 5.75 Å². The van der Waals surface area contributed by atoms with Gasteiger partial charge in [-0.05, 0) is 37.3 Å². The van der Waals surface area contributed by atoms with Gasteiger partial charge in [-0.25, -0.2) is 4.79 Å². The summed E-state index contributed by atoms with van der Waals surface area (Å²) < 4.78 is 5.42. The van der Waals surface area contributed by atoms with Gasteiger partial charge in [0, 0.05) is 49.0 Å². The van der Waals surface area contributed by atoms with Crippen LogP contribution in [0.3, 0.4) is 0 Å². The quantitative estimate of drug-likeness (QED) is 0.880. The van der Waals surface area contributed by atoms with Gasteiger partial charge >= 0.3 is 6.03 Å². The van der Waals surface area contributed by atoms with Crippen molar-refractivity contribution >= 4 is 23.3 Å². The maximum Gasteiger partial charge on any atom is 0.321 e. The maximum atomic E-state index is 12.4. The van der Waals surface area contributed by atoms with E-state index in [0.29, 0.717) is 18.1 Å². The number of piperazine rings is 1. The zero-order valence-electron chi connectivity index (χ0n) is 15.2. The summed E-state index contributed by atoms with van der Waals surface area (Å²) in [6, 6.07) is 13.5. The summed E-state index contributed by atoms with van der Waals surface area (Å²) in [6.45, 7) is 5.81. The Morgan fingerprint density at radius 1 is 1.12 bits per heavy atom. The molecule has 0 aromatic heterocycles. The highest BCUT2D eigenvalue weighted by Crippen LogP contribution is 2.24. The number of carbonyl (C=O) groups is 1. The van der Waals surface area contributed by atoms with Crippen molar-refractivity contribution in [1.82, 2.24) is 9.80 Å². The highest BCUT2D eigenvalue weighted by molar-refractivity contribution is 6.30. The third-order valence-corrected chi connectivity index (χ3v) is 4.83. The first kappa shape index (κ1) is 18.5. The second-order valence-corrected chi connectivity index (χ2v) is 6.95. The molecular formula is C20H24ClN3O2. The van der Waals surface area contributed by atoms with Crippen molar-refractivity contribution in [2.24, 2.45) is 0 Å². The van der Waals surface area contributed by atoms with Crippen LogP contribution in [0.1, 0.15) is 11.1 Å². The van der Waals surface area contributed by atoms with Gasteiger partial charge in [-0.2, -0.15) is 0 Å². The second-order valence-electron chi connectivity index (χ2n) is 6.52. The Kier molecular flexibility index (Phi) is 6.01. The van der Waals surface area contributed by atoms with Gasteiger partial charge < -0.3 is 15.0 Å². The number of hydrogen-bond donors (Lipinski definition) is 1. The number of anilines is 1. The van der Waals surface area contributed by atoms with Crippen molar-refractivity contribution in [2.75, 3.05) is 38.6 Å². The fourth-order valence-electron chi connectivity index (χ4n) is 3.06. The van der Waals surface area contributed by atoms with Crippen molar-refractivity contribution in [2.45, 2.75) is 13.5 Å². The van der Waals surface area contributed by atoms with Crippen LogP contribution in [-0.4, -0.2) is 49.1 Å². The second kappa shape index (κ2) is 8.43. The average Bonchev–Trinajstić information content (AvgIpc) is 2.64. The van der Waals surface area contributed by atoms with Crippen molar-refractivity contribution < 1.29 is 9.53 Å². The molecule has 1 N–H and O–H groups in total. The molecule has 2 amide bonds. The number of ether oxygens (including phenoxy) is 1. The number of benzene rings is 2. The highest BCUT2D eigenvalue weighted by Gasteiger charge is 2.22. The number of hydrogen-bond acceptors (Lipinski definition) is 3. The van der Waals surface area contributed by atoms with Crippen LogP contribution in [0.15, 0.2) is 42.5 Å². The first-order valence-electron chi connectivity index (χ1n) is 8.72. The molecule has 0 bridgehead atoms. The Hall–Kier alpha value is -2.24. The molecule has 1 saturated heterocycles. The first-order chi connectivity index (χ1) is 12.5. The summed E-state index contributed by atoms with van der Waals surface area (Å²) in [5, 5.41) is 3.67. The van der Waals surface area contributed by atoms with Crippen molar-refractivity contribution in [3.63, 3.8) is 0 Å². The van der Waals surface area contributed by atoms with E-state index >= 15 is 0 Å². The van der Waals surface area contributed by atoms with Crippen molar-refractivity contribution in [1.29, 1.82) is 0 Å². The molecule has 6 heteroatoms. The zero-order chi connectivity index (χ0) is 18.5. The van der Waals surface area contributed by atoms with E-state index < -0.39 is 0 Å². The van der Waals surface area contributed by atoms with E-state index in [0.717, 1.165) is 36.6 Å². The molecule has 3 rings (SSSR count). The van der Waals surface area contributed by atoms with Gasteiger partial charge in [0.1, 0.15) is 5.75 Å². The minimum Gasteiger partial charge on any atom is -0.496 e. The van der Waals surface area contributed by atoms with Crippen LogP contribution in [0, 0.1) is 6.92 Å². The number of rotatable bonds is 4. The van der Waals surface area contributed by atoms with Crippen LogP contribution in [-0.2, 0) is 6.54 Å². The highest BCUT2D eigenvalue weighted by atomic mass is 35.5. The van der Waals surface area contributed by atoms with Crippen molar-refractivity contribution in [3.05, 3.63) is 58.6 Å². The minimum atomic E-state index is -0.0474. The molecule has 138 valence electrons. The lowest BCUT2D eigenvalue weighted by molar-refractivity contribution is 0.142. The fraction of sp³-hybridized carbons (Fsp3) is 0.350. The number of nitrogens with one attached hydrogen (secondary N) is 1. The van der Waals surface area contributed by atoms with Crippen LogP contribution in [0.4, 0.5) is 10.5 Å². The van der Waals surface area contributed by atoms with Gasteiger partial charge in [-0.3, -0.25) is 4.90 Å². The molecular weight excluding hydrogens is 350 g/mol. The topological polar surface area (TPSA) is 44.8 Å². The molecule has 2 aromatic rings. The van der Waals surface area contributed by atoms with E-state index in [1.807, 2.05) is 54.3 Å². The number of amides is 2. The molecule has 0 spiro atoms. The van der Waals surface area contributed by atoms with Crippen LogP contribution in [0.25, 0.3) is 0 Å². The van der Waals surface area contributed by atoms with Gasteiger partial charge in [-0.15, -0.1) is 0 Å². The summed E-state index contributed by atoms with van der Waals surface area (Å²) in [5.41, 5.74) is 3.07. The van der Waals surface area contributed by atoms with Crippen LogP contribution < -0.4 is 10.1 Å². The van der Waals surface area contributed by atoms with Gasteiger partial charge in [-0.1, -0.05) is 29.3 Å². The molecule has 0 atom stereocenters. The Morgan fingerprint density at radius 2 is 1.81 bits per heavy atom. The van der Waals surface area contributed by atoms with E-state index in [1.54, 1.807) is 7.11 Å². The Bertz CT molecular complexity index is 756. The van der Waals surface area contributed by atoms with Gasteiger partial charge in [0.2, 0.25) is 0 Å². The van der Waals surface area contributed by atoms with Gasteiger partial charge in [0.15, 0.2) is 0 Å².